The van der Waals surface area contributed by atoms with Crippen molar-refractivity contribution in [2.75, 3.05) is 20.2 Å². The molecule has 0 aromatic heterocycles. The van der Waals surface area contributed by atoms with Gasteiger partial charge in [0, 0.05) is 0 Å². The standard InChI is InChI=1S/C13H16F3NO/c1-18-10-2-3-11(9-4-6-17-7-5-9)12(8-10)13(14,15)16/h2-3,8-9,17H,4-7H2,1H3. The first-order chi connectivity index (χ1) is 8.52. The van der Waals surface area contributed by atoms with Crippen LogP contribution in [0.3, 0.4) is 0 Å². The Balaban J connectivity index is 2.38. The van der Waals surface area contributed by atoms with Crippen molar-refractivity contribution in [3.8, 4) is 5.75 Å². The lowest BCUT2D eigenvalue weighted by atomic mass is 9.87. The molecule has 2 rings (SSSR count). The topological polar surface area (TPSA) is 21.3 Å². The molecule has 0 amide bonds. The summed E-state index contributed by atoms with van der Waals surface area (Å²) in [5.74, 6) is 0.230. The fourth-order valence-corrected chi connectivity index (χ4v) is 2.40. The first kappa shape index (κ1) is 13.2. The molecule has 0 saturated carbocycles. The second-order valence-corrected chi connectivity index (χ2v) is 4.48. The van der Waals surface area contributed by atoms with Crippen LogP contribution in [0.15, 0.2) is 18.2 Å². The van der Waals surface area contributed by atoms with Gasteiger partial charge in [-0.15, -0.1) is 0 Å². The number of ether oxygens (including phenoxy) is 1. The highest BCUT2D eigenvalue weighted by molar-refractivity contribution is 5.39. The van der Waals surface area contributed by atoms with Gasteiger partial charge in [0.1, 0.15) is 5.75 Å². The van der Waals surface area contributed by atoms with Crippen LogP contribution in [-0.2, 0) is 6.18 Å². The Morgan fingerprint density at radius 3 is 2.44 bits per heavy atom. The maximum atomic E-state index is 13.0. The van der Waals surface area contributed by atoms with Gasteiger partial charge in [-0.2, -0.15) is 13.2 Å². The number of hydrogen-bond acceptors (Lipinski definition) is 2. The molecule has 1 heterocycles. The van der Waals surface area contributed by atoms with E-state index in [0.717, 1.165) is 32.0 Å². The molecule has 1 fully saturated rings. The molecule has 0 aliphatic carbocycles. The molecule has 1 aromatic rings. The second-order valence-electron chi connectivity index (χ2n) is 4.48. The van der Waals surface area contributed by atoms with Crippen LogP contribution in [0.25, 0.3) is 0 Å². The fraction of sp³-hybridized carbons (Fsp3) is 0.538. The third-order valence-corrected chi connectivity index (χ3v) is 3.34. The van der Waals surface area contributed by atoms with E-state index in [9.17, 15) is 13.2 Å². The predicted molar refractivity (Wildman–Crippen MR) is 62.8 cm³/mol. The molecule has 5 heteroatoms. The summed E-state index contributed by atoms with van der Waals surface area (Å²) in [6.45, 7) is 1.54. The summed E-state index contributed by atoms with van der Waals surface area (Å²) in [7, 11) is 1.37. The second kappa shape index (κ2) is 5.18. The van der Waals surface area contributed by atoms with E-state index in [1.165, 1.54) is 7.11 Å². The van der Waals surface area contributed by atoms with Crippen LogP contribution in [0, 0.1) is 0 Å². The fourth-order valence-electron chi connectivity index (χ4n) is 2.40. The van der Waals surface area contributed by atoms with E-state index in [-0.39, 0.29) is 11.7 Å². The summed E-state index contributed by atoms with van der Waals surface area (Å²) < 4.78 is 44.0. The number of benzene rings is 1. The van der Waals surface area contributed by atoms with Crippen molar-refractivity contribution >= 4 is 0 Å². The molecule has 0 spiro atoms. The highest BCUT2D eigenvalue weighted by atomic mass is 19.4. The average molecular weight is 259 g/mol. The van der Waals surface area contributed by atoms with Crippen molar-refractivity contribution in [2.45, 2.75) is 24.9 Å². The zero-order chi connectivity index (χ0) is 13.2. The first-order valence-electron chi connectivity index (χ1n) is 5.98. The highest BCUT2D eigenvalue weighted by Crippen LogP contribution is 2.39. The maximum absolute atomic E-state index is 13.0. The number of hydrogen-bond donors (Lipinski definition) is 1. The largest absolute Gasteiger partial charge is 0.497 e. The van der Waals surface area contributed by atoms with Gasteiger partial charge in [0.15, 0.2) is 0 Å². The molecule has 18 heavy (non-hydrogen) atoms. The average Bonchev–Trinajstić information content (AvgIpc) is 2.38. The summed E-state index contributed by atoms with van der Waals surface area (Å²) >= 11 is 0. The summed E-state index contributed by atoms with van der Waals surface area (Å²) in [6, 6.07) is 4.25. The maximum Gasteiger partial charge on any atom is 0.416 e. The molecule has 1 aliphatic rings. The molecule has 0 bridgehead atoms. The summed E-state index contributed by atoms with van der Waals surface area (Å²) in [5, 5.41) is 3.16. The first-order valence-corrected chi connectivity index (χ1v) is 5.98. The minimum absolute atomic E-state index is 0.0196. The summed E-state index contributed by atoms with van der Waals surface area (Å²) in [5.41, 5.74) is -0.168. The van der Waals surface area contributed by atoms with Gasteiger partial charge in [-0.3, -0.25) is 0 Å². The number of alkyl halides is 3. The van der Waals surface area contributed by atoms with Gasteiger partial charge in [0.05, 0.1) is 12.7 Å². The van der Waals surface area contributed by atoms with E-state index < -0.39 is 11.7 Å². The molecular formula is C13H16F3NO. The highest BCUT2D eigenvalue weighted by Gasteiger charge is 2.35. The zero-order valence-corrected chi connectivity index (χ0v) is 10.2. The zero-order valence-electron chi connectivity index (χ0n) is 10.2. The Bertz CT molecular complexity index is 411. The Labute approximate surface area is 104 Å². The van der Waals surface area contributed by atoms with Gasteiger partial charge in [-0.25, -0.2) is 0 Å². The Kier molecular flexibility index (Phi) is 3.80. The van der Waals surface area contributed by atoms with E-state index in [2.05, 4.69) is 5.32 Å². The van der Waals surface area contributed by atoms with Gasteiger partial charge in [-0.05, 0) is 49.5 Å². The van der Waals surface area contributed by atoms with Gasteiger partial charge in [-0.1, -0.05) is 6.07 Å². The Morgan fingerprint density at radius 1 is 1.22 bits per heavy atom. The molecule has 1 aliphatic heterocycles. The predicted octanol–water partition coefficient (Wildman–Crippen LogP) is 3.18. The van der Waals surface area contributed by atoms with E-state index in [1.807, 2.05) is 0 Å². The number of halogens is 3. The van der Waals surface area contributed by atoms with E-state index in [1.54, 1.807) is 12.1 Å². The van der Waals surface area contributed by atoms with Crippen LogP contribution < -0.4 is 10.1 Å². The SMILES string of the molecule is COc1ccc(C2CCNCC2)c(C(F)(F)F)c1. The number of methoxy groups -OCH3 is 1. The lowest BCUT2D eigenvalue weighted by Crippen LogP contribution is -2.27. The molecule has 1 N–H and O–H groups in total. The van der Waals surface area contributed by atoms with Crippen LogP contribution in [0.4, 0.5) is 13.2 Å². The third-order valence-electron chi connectivity index (χ3n) is 3.34. The minimum Gasteiger partial charge on any atom is -0.497 e. The van der Waals surface area contributed by atoms with Crippen LogP contribution >= 0.6 is 0 Å². The van der Waals surface area contributed by atoms with Crippen LogP contribution in [-0.4, -0.2) is 20.2 Å². The van der Waals surface area contributed by atoms with E-state index in [0.29, 0.717) is 5.56 Å². The lowest BCUT2D eigenvalue weighted by molar-refractivity contribution is -0.138. The molecule has 2 nitrogen and oxygen atoms in total. The number of rotatable bonds is 2. The van der Waals surface area contributed by atoms with Gasteiger partial charge in [0.2, 0.25) is 0 Å². The van der Waals surface area contributed by atoms with Crippen molar-refractivity contribution in [1.29, 1.82) is 0 Å². The number of nitrogens with one attached hydrogen (secondary N) is 1. The van der Waals surface area contributed by atoms with Gasteiger partial charge >= 0.3 is 6.18 Å². The Hall–Kier alpha value is -1.23. The minimum atomic E-state index is -4.32. The van der Waals surface area contributed by atoms with Crippen molar-refractivity contribution in [3.05, 3.63) is 29.3 Å². The van der Waals surface area contributed by atoms with Gasteiger partial charge in [0.25, 0.3) is 0 Å². The molecule has 0 radical (unpaired) electrons. The van der Waals surface area contributed by atoms with E-state index in [4.69, 9.17) is 4.74 Å². The van der Waals surface area contributed by atoms with Crippen molar-refractivity contribution in [2.24, 2.45) is 0 Å². The lowest BCUT2D eigenvalue weighted by Gasteiger charge is -2.26. The Morgan fingerprint density at radius 2 is 1.89 bits per heavy atom. The quantitative estimate of drug-likeness (QED) is 0.880. The summed E-state index contributed by atoms with van der Waals surface area (Å²) in [6.07, 6.45) is -2.83. The van der Waals surface area contributed by atoms with E-state index >= 15 is 0 Å². The number of piperidine rings is 1. The van der Waals surface area contributed by atoms with Crippen LogP contribution in [0.1, 0.15) is 29.9 Å². The molecule has 100 valence electrons. The van der Waals surface area contributed by atoms with Crippen molar-refractivity contribution in [3.63, 3.8) is 0 Å². The summed E-state index contributed by atoms with van der Waals surface area (Å²) in [4.78, 5) is 0. The van der Waals surface area contributed by atoms with Crippen LogP contribution in [0.2, 0.25) is 0 Å². The van der Waals surface area contributed by atoms with Crippen molar-refractivity contribution < 1.29 is 17.9 Å². The normalized spacial score (nSPS) is 17.8. The smallest absolute Gasteiger partial charge is 0.416 e. The van der Waals surface area contributed by atoms with Gasteiger partial charge < -0.3 is 10.1 Å². The monoisotopic (exact) mass is 259 g/mol. The molecule has 0 unspecified atom stereocenters. The molecule has 0 atom stereocenters. The molecular weight excluding hydrogens is 243 g/mol. The molecule has 1 aromatic carbocycles. The third kappa shape index (κ3) is 2.77. The molecule has 1 saturated heterocycles. The van der Waals surface area contributed by atoms with Crippen molar-refractivity contribution in [1.82, 2.24) is 5.32 Å². The van der Waals surface area contributed by atoms with Crippen LogP contribution in [0.5, 0.6) is 5.75 Å².